The number of methoxy groups -OCH3 is 2. The van der Waals surface area contributed by atoms with Gasteiger partial charge in [-0.3, -0.25) is 4.79 Å². The molecule has 1 aliphatic rings. The maximum atomic E-state index is 13.7. The van der Waals surface area contributed by atoms with E-state index in [0.717, 1.165) is 0 Å². The van der Waals surface area contributed by atoms with Gasteiger partial charge in [0.15, 0.2) is 23.0 Å². The van der Waals surface area contributed by atoms with E-state index in [2.05, 4.69) is 9.71 Å². The van der Waals surface area contributed by atoms with Crippen molar-refractivity contribution in [2.45, 2.75) is 63.3 Å². The van der Waals surface area contributed by atoms with Crippen LogP contribution in [0.15, 0.2) is 42.6 Å². The molecule has 0 bridgehead atoms. The lowest BCUT2D eigenvalue weighted by molar-refractivity contribution is 0.0396. The Morgan fingerprint density at radius 3 is 2.41 bits per heavy atom. The van der Waals surface area contributed by atoms with Gasteiger partial charge < -0.3 is 19.3 Å². The summed E-state index contributed by atoms with van der Waals surface area (Å²) in [6.45, 7) is 9.24. The average Bonchev–Trinajstić information content (AvgIpc) is 3.26. The molecule has 3 aromatic rings. The van der Waals surface area contributed by atoms with E-state index in [0.29, 0.717) is 39.8 Å². The zero-order valence-electron chi connectivity index (χ0n) is 24.3. The van der Waals surface area contributed by atoms with Crippen LogP contribution in [0.25, 0.3) is 11.3 Å². The van der Waals surface area contributed by atoms with Crippen LogP contribution in [0.4, 0.5) is 4.39 Å². The summed E-state index contributed by atoms with van der Waals surface area (Å²) >= 11 is 0. The SMILES string of the molecule is COc1cnc(C(=O)CCC(C)(O)c2cc3c(c(-c4ccc(F)cc4)n2)OCC3(C)NS(=O)C(C)(C)C)cc1OC. The molecule has 220 valence electrons. The Kier molecular flexibility index (Phi) is 8.54. The molecular formula is C30H36FN3O6S. The van der Waals surface area contributed by atoms with E-state index >= 15 is 0 Å². The van der Waals surface area contributed by atoms with Gasteiger partial charge in [-0.15, -0.1) is 0 Å². The monoisotopic (exact) mass is 585 g/mol. The number of hydrogen-bond acceptors (Lipinski definition) is 8. The summed E-state index contributed by atoms with van der Waals surface area (Å²) in [5.74, 6) is 0.548. The topological polar surface area (TPSA) is 120 Å². The van der Waals surface area contributed by atoms with Gasteiger partial charge >= 0.3 is 0 Å². The molecule has 0 spiro atoms. The maximum absolute atomic E-state index is 13.7. The van der Waals surface area contributed by atoms with Gasteiger partial charge in [0.1, 0.15) is 29.4 Å². The Morgan fingerprint density at radius 2 is 1.80 bits per heavy atom. The van der Waals surface area contributed by atoms with Gasteiger partial charge in [-0.05, 0) is 71.4 Å². The van der Waals surface area contributed by atoms with Crippen molar-refractivity contribution < 1.29 is 32.7 Å². The van der Waals surface area contributed by atoms with E-state index in [-0.39, 0.29) is 30.9 Å². The summed E-state index contributed by atoms with van der Waals surface area (Å²) in [6, 6.07) is 9.04. The van der Waals surface area contributed by atoms with Gasteiger partial charge in [0.05, 0.1) is 47.4 Å². The third-order valence-electron chi connectivity index (χ3n) is 7.01. The molecule has 0 saturated carbocycles. The summed E-state index contributed by atoms with van der Waals surface area (Å²) in [5, 5.41) is 11.6. The molecular weight excluding hydrogens is 549 g/mol. The number of carbonyl (C=O) groups excluding carboxylic acids is 1. The molecule has 2 aromatic heterocycles. The first-order valence-corrected chi connectivity index (χ1v) is 14.3. The molecule has 1 aromatic carbocycles. The molecule has 11 heteroatoms. The molecule has 0 radical (unpaired) electrons. The number of nitrogens with zero attached hydrogens (tertiary/aromatic N) is 2. The first kappa shape index (κ1) is 30.5. The Labute approximate surface area is 242 Å². The molecule has 0 aliphatic carbocycles. The van der Waals surface area contributed by atoms with Crippen LogP contribution in [0.3, 0.4) is 0 Å². The highest BCUT2D eigenvalue weighted by atomic mass is 32.2. The Bertz CT molecular complexity index is 1470. The predicted octanol–water partition coefficient (Wildman–Crippen LogP) is 4.83. The van der Waals surface area contributed by atoms with Crippen LogP contribution in [0.2, 0.25) is 0 Å². The van der Waals surface area contributed by atoms with Crippen LogP contribution in [0, 0.1) is 5.82 Å². The highest BCUT2D eigenvalue weighted by Crippen LogP contribution is 2.45. The fraction of sp³-hybridized carbons (Fsp3) is 0.433. The fourth-order valence-corrected chi connectivity index (χ4v) is 5.29. The molecule has 3 unspecified atom stereocenters. The van der Waals surface area contributed by atoms with Gasteiger partial charge in [0.2, 0.25) is 0 Å². The number of aromatic nitrogens is 2. The molecule has 0 saturated heterocycles. The zero-order chi connectivity index (χ0) is 30.2. The predicted molar refractivity (Wildman–Crippen MR) is 154 cm³/mol. The third kappa shape index (κ3) is 6.42. The molecule has 9 nitrogen and oxygen atoms in total. The number of ether oxygens (including phenoxy) is 3. The van der Waals surface area contributed by atoms with Gasteiger partial charge in [-0.2, -0.15) is 0 Å². The highest BCUT2D eigenvalue weighted by Gasteiger charge is 2.43. The molecule has 3 heterocycles. The summed E-state index contributed by atoms with van der Waals surface area (Å²) in [7, 11) is 1.53. The van der Waals surface area contributed by atoms with Gasteiger partial charge in [0, 0.05) is 23.6 Å². The van der Waals surface area contributed by atoms with Crippen LogP contribution in [-0.4, -0.2) is 50.6 Å². The van der Waals surface area contributed by atoms with E-state index < -0.39 is 32.7 Å². The van der Waals surface area contributed by atoms with E-state index in [9.17, 15) is 18.5 Å². The second-order valence-corrected chi connectivity index (χ2v) is 13.4. The lowest BCUT2D eigenvalue weighted by Crippen LogP contribution is -2.47. The maximum Gasteiger partial charge on any atom is 0.181 e. The van der Waals surface area contributed by atoms with Crippen molar-refractivity contribution in [3.05, 3.63) is 65.4 Å². The van der Waals surface area contributed by atoms with Crippen molar-refractivity contribution in [3.63, 3.8) is 0 Å². The molecule has 1 aliphatic heterocycles. The average molecular weight is 586 g/mol. The second-order valence-electron chi connectivity index (χ2n) is 11.5. The van der Waals surface area contributed by atoms with Gasteiger partial charge in [-0.1, -0.05) is 0 Å². The molecule has 41 heavy (non-hydrogen) atoms. The number of aliphatic hydroxyl groups is 1. The zero-order valence-corrected chi connectivity index (χ0v) is 25.1. The number of carbonyl (C=O) groups is 1. The Morgan fingerprint density at radius 1 is 1.15 bits per heavy atom. The Hall–Kier alpha value is -3.41. The number of halogens is 1. The second kappa shape index (κ2) is 11.5. The lowest BCUT2D eigenvalue weighted by atomic mass is 9.88. The minimum absolute atomic E-state index is 0.0276. The van der Waals surface area contributed by atoms with Crippen LogP contribution in [0.5, 0.6) is 17.2 Å². The standard InChI is InChI=1S/C30H36FN3O6S/c1-28(2,3)41(37)34-29(4)17-40-27-20(29)14-25(33-26(27)18-8-10-19(31)11-9-18)30(5,36)13-12-22(35)21-15-23(38-6)24(39-7)16-32-21/h8-11,14-16,34,36H,12-13,17H2,1-7H3. The third-order valence-corrected chi connectivity index (χ3v) is 8.76. The normalized spacial score (nSPS) is 18.7. The first-order valence-electron chi connectivity index (χ1n) is 13.2. The van der Waals surface area contributed by atoms with E-state index in [1.54, 1.807) is 25.1 Å². The molecule has 3 atom stereocenters. The van der Waals surface area contributed by atoms with Gasteiger partial charge in [-0.25, -0.2) is 23.3 Å². The Balaban J connectivity index is 1.71. The molecule has 0 amide bonds. The quantitative estimate of drug-likeness (QED) is 0.325. The summed E-state index contributed by atoms with van der Waals surface area (Å²) in [6.07, 6.45) is 1.42. The lowest BCUT2D eigenvalue weighted by Gasteiger charge is -2.30. The van der Waals surface area contributed by atoms with Crippen LogP contribution >= 0.6 is 0 Å². The summed E-state index contributed by atoms with van der Waals surface area (Å²) < 4.78 is 46.0. The van der Waals surface area contributed by atoms with Crippen molar-refractivity contribution in [3.8, 4) is 28.5 Å². The summed E-state index contributed by atoms with van der Waals surface area (Å²) in [4.78, 5) is 21.9. The fourth-order valence-electron chi connectivity index (χ4n) is 4.41. The summed E-state index contributed by atoms with van der Waals surface area (Å²) in [5.41, 5.74) is -0.263. The molecule has 0 fully saturated rings. The number of hydrogen-bond donors (Lipinski definition) is 2. The number of pyridine rings is 2. The van der Waals surface area contributed by atoms with Crippen molar-refractivity contribution in [2.75, 3.05) is 20.8 Å². The van der Waals surface area contributed by atoms with E-state index in [4.69, 9.17) is 19.2 Å². The number of fused-ring (bicyclic) bond motifs is 1. The van der Waals surface area contributed by atoms with E-state index in [1.165, 1.54) is 38.6 Å². The van der Waals surface area contributed by atoms with Gasteiger partial charge in [0.25, 0.3) is 0 Å². The van der Waals surface area contributed by atoms with Crippen LogP contribution in [-0.2, 0) is 22.1 Å². The smallest absolute Gasteiger partial charge is 0.181 e. The number of rotatable bonds is 10. The van der Waals surface area contributed by atoms with Crippen LogP contribution < -0.4 is 18.9 Å². The minimum atomic E-state index is -1.54. The van der Waals surface area contributed by atoms with Crippen LogP contribution in [0.1, 0.15) is 69.2 Å². The number of Topliss-reactive ketones (excluding diaryl/α,β-unsaturated/α-hetero) is 1. The number of nitrogens with one attached hydrogen (secondary N) is 1. The minimum Gasteiger partial charge on any atom is -0.493 e. The van der Waals surface area contributed by atoms with Crippen molar-refractivity contribution in [1.29, 1.82) is 0 Å². The van der Waals surface area contributed by atoms with Crippen molar-refractivity contribution >= 4 is 16.8 Å². The first-order chi connectivity index (χ1) is 19.2. The molecule has 2 N–H and O–H groups in total. The van der Waals surface area contributed by atoms with Crippen molar-refractivity contribution in [2.24, 2.45) is 0 Å². The number of benzene rings is 1. The largest absolute Gasteiger partial charge is 0.493 e. The van der Waals surface area contributed by atoms with Crippen molar-refractivity contribution in [1.82, 2.24) is 14.7 Å². The van der Waals surface area contributed by atoms with E-state index in [1.807, 2.05) is 27.7 Å². The highest BCUT2D eigenvalue weighted by molar-refractivity contribution is 7.84. The molecule has 4 rings (SSSR count). The number of ketones is 1.